The second-order valence-corrected chi connectivity index (χ2v) is 9.32. The lowest BCUT2D eigenvalue weighted by Crippen LogP contribution is -2.65. The molecule has 0 unspecified atom stereocenters. The largest absolute Gasteiger partial charge is 0.385 e. The highest BCUT2D eigenvalue weighted by Gasteiger charge is 2.68. The zero-order chi connectivity index (χ0) is 16.0. The molecule has 122 valence electrons. The Morgan fingerprint density at radius 3 is 2.78 bits per heavy atom. The van der Waals surface area contributed by atoms with Gasteiger partial charge in [-0.1, -0.05) is 25.4 Å². The van der Waals surface area contributed by atoms with E-state index < -0.39 is 5.60 Å². The lowest BCUT2D eigenvalue weighted by Gasteiger charge is -2.71. The number of aromatic nitrogens is 2. The average molecular weight is 331 g/mol. The van der Waals surface area contributed by atoms with Gasteiger partial charge in [0.2, 0.25) is 0 Å². The first-order valence-corrected chi connectivity index (χ1v) is 9.07. The van der Waals surface area contributed by atoms with Crippen molar-refractivity contribution in [3.05, 3.63) is 28.9 Å². The Morgan fingerprint density at radius 1 is 1.30 bits per heavy atom. The lowest BCUT2D eigenvalue weighted by molar-refractivity contribution is -0.254. The minimum Gasteiger partial charge on any atom is -0.385 e. The molecule has 3 nitrogen and oxygen atoms in total. The Hall–Kier alpha value is -1.06. The first kappa shape index (κ1) is 14.3. The molecule has 2 atom stereocenters. The van der Waals surface area contributed by atoms with Crippen LogP contribution < -0.4 is 0 Å². The van der Waals surface area contributed by atoms with Crippen molar-refractivity contribution >= 4 is 22.5 Å². The Morgan fingerprint density at radius 2 is 2.09 bits per heavy atom. The number of H-pyrrole nitrogens is 1. The summed E-state index contributed by atoms with van der Waals surface area (Å²) in [5, 5.41) is 20.2. The topological polar surface area (TPSA) is 48.9 Å². The molecule has 0 amide bonds. The minimum absolute atomic E-state index is 0.335. The molecular formula is C19H23ClN2O. The van der Waals surface area contributed by atoms with Crippen LogP contribution in [-0.2, 0) is 5.60 Å². The van der Waals surface area contributed by atoms with Crippen LogP contribution in [0.3, 0.4) is 0 Å². The summed E-state index contributed by atoms with van der Waals surface area (Å²) in [6, 6.07) is 3.83. The predicted molar refractivity (Wildman–Crippen MR) is 91.3 cm³/mol. The van der Waals surface area contributed by atoms with Crippen molar-refractivity contribution in [1.29, 1.82) is 0 Å². The van der Waals surface area contributed by atoms with Crippen LogP contribution in [0.2, 0.25) is 5.02 Å². The summed E-state index contributed by atoms with van der Waals surface area (Å²) in [4.78, 5) is 0. The Labute approximate surface area is 141 Å². The van der Waals surface area contributed by atoms with E-state index in [1.807, 2.05) is 12.1 Å². The highest BCUT2D eigenvalue weighted by atomic mass is 35.5. The number of aromatic amines is 1. The summed E-state index contributed by atoms with van der Waals surface area (Å²) < 4.78 is 0. The van der Waals surface area contributed by atoms with Gasteiger partial charge in [0.25, 0.3) is 0 Å². The summed E-state index contributed by atoms with van der Waals surface area (Å²) in [5.74, 6) is 1.67. The van der Waals surface area contributed by atoms with Crippen LogP contribution in [0.25, 0.3) is 10.9 Å². The number of benzene rings is 1. The molecule has 6 rings (SSSR count). The molecule has 0 radical (unpaired) electrons. The second-order valence-electron chi connectivity index (χ2n) is 8.88. The van der Waals surface area contributed by atoms with Gasteiger partial charge in [0.15, 0.2) is 0 Å². The van der Waals surface area contributed by atoms with Crippen LogP contribution >= 0.6 is 11.6 Å². The van der Waals surface area contributed by atoms with E-state index in [4.69, 9.17) is 11.6 Å². The molecule has 4 saturated carbocycles. The van der Waals surface area contributed by atoms with Gasteiger partial charge >= 0.3 is 0 Å². The smallest absolute Gasteiger partial charge is 0.0928 e. The maximum Gasteiger partial charge on any atom is 0.0928 e. The highest BCUT2D eigenvalue weighted by Crippen LogP contribution is 2.74. The van der Waals surface area contributed by atoms with Gasteiger partial charge in [-0.2, -0.15) is 5.10 Å². The molecule has 2 aromatic rings. The average Bonchev–Trinajstić information content (AvgIpc) is 2.92. The molecule has 4 aliphatic rings. The van der Waals surface area contributed by atoms with Crippen molar-refractivity contribution in [1.82, 2.24) is 10.2 Å². The second kappa shape index (κ2) is 4.12. The van der Waals surface area contributed by atoms with Gasteiger partial charge in [-0.25, -0.2) is 0 Å². The first-order valence-electron chi connectivity index (χ1n) is 8.70. The maximum absolute atomic E-state index is 11.3. The number of fused-ring (bicyclic) bond motifs is 2. The molecule has 0 aliphatic heterocycles. The lowest BCUT2D eigenvalue weighted by atomic mass is 9.34. The molecule has 1 spiro atoms. The number of nitrogens with one attached hydrogen (secondary N) is 1. The number of nitrogens with zero attached hydrogens (tertiary/aromatic N) is 1. The maximum atomic E-state index is 11.3. The van der Waals surface area contributed by atoms with E-state index in [0.29, 0.717) is 15.9 Å². The number of aliphatic hydroxyl groups is 1. The van der Waals surface area contributed by atoms with Crippen molar-refractivity contribution in [2.75, 3.05) is 0 Å². The Bertz CT molecular complexity index is 801. The van der Waals surface area contributed by atoms with Gasteiger partial charge in [-0.05, 0) is 66.9 Å². The Kier molecular flexibility index (Phi) is 2.56. The van der Waals surface area contributed by atoms with Crippen LogP contribution in [0.4, 0.5) is 0 Å². The molecule has 2 N–H and O–H groups in total. The van der Waals surface area contributed by atoms with E-state index >= 15 is 0 Å². The van der Waals surface area contributed by atoms with E-state index in [2.05, 4.69) is 24.0 Å². The van der Waals surface area contributed by atoms with Crippen molar-refractivity contribution in [3.63, 3.8) is 0 Å². The van der Waals surface area contributed by atoms with Gasteiger partial charge in [0, 0.05) is 16.0 Å². The van der Waals surface area contributed by atoms with Gasteiger partial charge in [-0.15, -0.1) is 0 Å². The fraction of sp³-hybridized carbons (Fsp3) is 0.632. The monoisotopic (exact) mass is 330 g/mol. The van der Waals surface area contributed by atoms with E-state index in [-0.39, 0.29) is 0 Å². The molecule has 2 bridgehead atoms. The van der Waals surface area contributed by atoms with Crippen molar-refractivity contribution in [2.24, 2.45) is 22.7 Å². The third kappa shape index (κ3) is 1.68. The number of halogens is 1. The predicted octanol–water partition coefficient (Wildman–Crippen LogP) is 4.64. The number of hydrogen-bond acceptors (Lipinski definition) is 2. The summed E-state index contributed by atoms with van der Waals surface area (Å²) in [5.41, 5.74) is 1.91. The van der Waals surface area contributed by atoms with E-state index in [1.54, 1.807) is 6.20 Å². The summed E-state index contributed by atoms with van der Waals surface area (Å²) >= 11 is 6.27. The molecule has 4 heteroatoms. The standard InChI is InChI=1S/C19H23ClN2O/c1-17(2)12-3-4-18(15(17)6-12)9-19(23,10-18)14-7-13(20)5-11-8-21-22-16(11)14/h5,7-8,12,15,23H,3-4,6,9-10H2,1-2H3,(H,21,22)/t12-,15+,18?,19?/m0/s1. The zero-order valence-electron chi connectivity index (χ0n) is 13.7. The molecule has 1 heterocycles. The van der Waals surface area contributed by atoms with Crippen LogP contribution in [0.15, 0.2) is 18.3 Å². The number of rotatable bonds is 1. The molecule has 23 heavy (non-hydrogen) atoms. The minimum atomic E-state index is -0.756. The SMILES string of the molecule is CC1(C)[C@H]2CCC3(CC(O)(c4cc(Cl)cc5cn[nH]c45)C3)[C@@H]1C2. The summed E-state index contributed by atoms with van der Waals surface area (Å²) in [6.07, 6.45) is 7.49. The molecular weight excluding hydrogens is 308 g/mol. The molecule has 0 saturated heterocycles. The fourth-order valence-electron chi connectivity index (χ4n) is 6.30. The molecule has 1 aromatic heterocycles. The fourth-order valence-corrected chi connectivity index (χ4v) is 6.52. The van der Waals surface area contributed by atoms with Gasteiger partial charge in [0.05, 0.1) is 17.3 Å². The molecule has 4 fully saturated rings. The normalized spacial score (nSPS) is 40.9. The van der Waals surface area contributed by atoms with Crippen LogP contribution in [0, 0.1) is 22.7 Å². The molecule has 1 aromatic carbocycles. The van der Waals surface area contributed by atoms with Crippen LogP contribution in [-0.4, -0.2) is 15.3 Å². The van der Waals surface area contributed by atoms with E-state index in [9.17, 15) is 5.11 Å². The van der Waals surface area contributed by atoms with Gasteiger partial charge < -0.3 is 5.11 Å². The van der Waals surface area contributed by atoms with E-state index in [1.165, 1.54) is 19.3 Å². The van der Waals surface area contributed by atoms with Crippen LogP contribution in [0.1, 0.15) is 51.5 Å². The third-order valence-corrected chi connectivity index (χ3v) is 7.72. The van der Waals surface area contributed by atoms with Crippen LogP contribution in [0.5, 0.6) is 0 Å². The summed E-state index contributed by atoms with van der Waals surface area (Å²) in [6.45, 7) is 4.85. The van der Waals surface area contributed by atoms with Gasteiger partial charge in [-0.3, -0.25) is 5.10 Å². The molecule has 4 aliphatic carbocycles. The van der Waals surface area contributed by atoms with Crippen molar-refractivity contribution in [2.45, 2.75) is 51.6 Å². The summed E-state index contributed by atoms with van der Waals surface area (Å²) in [7, 11) is 0. The van der Waals surface area contributed by atoms with Crippen molar-refractivity contribution < 1.29 is 5.11 Å². The first-order chi connectivity index (χ1) is 10.8. The van der Waals surface area contributed by atoms with Gasteiger partial charge in [0.1, 0.15) is 0 Å². The Balaban J connectivity index is 1.52. The number of hydrogen-bond donors (Lipinski definition) is 2. The zero-order valence-corrected chi connectivity index (χ0v) is 14.5. The highest BCUT2D eigenvalue weighted by molar-refractivity contribution is 6.31. The van der Waals surface area contributed by atoms with E-state index in [0.717, 1.165) is 41.1 Å². The third-order valence-electron chi connectivity index (χ3n) is 7.50. The quantitative estimate of drug-likeness (QED) is 0.800. The van der Waals surface area contributed by atoms with Crippen molar-refractivity contribution in [3.8, 4) is 0 Å².